The second-order valence-corrected chi connectivity index (χ2v) is 7.04. The molecule has 1 aromatic heterocycles. The lowest BCUT2D eigenvalue weighted by atomic mass is 10.2. The molecule has 7 nitrogen and oxygen atoms in total. The molecule has 0 atom stereocenters. The number of rotatable bonds is 7. The van der Waals surface area contributed by atoms with Gasteiger partial charge in [0.15, 0.2) is 5.75 Å². The first kappa shape index (κ1) is 21.8. The molecule has 1 fully saturated rings. The van der Waals surface area contributed by atoms with Gasteiger partial charge in [-0.05, 0) is 45.2 Å². The van der Waals surface area contributed by atoms with E-state index in [0.717, 1.165) is 31.9 Å². The van der Waals surface area contributed by atoms with E-state index in [1.54, 1.807) is 38.1 Å². The molecule has 0 spiro atoms. The maximum atomic E-state index is 13.0. The number of benzene rings is 1. The Kier molecular flexibility index (Phi) is 7.04. The number of pyridine rings is 1. The van der Waals surface area contributed by atoms with E-state index < -0.39 is 12.5 Å². The molecular weight excluding hydrogens is 394 g/mol. The highest BCUT2D eigenvalue weighted by Crippen LogP contribution is 2.32. The number of piperazine rings is 1. The SMILES string of the molecule is CCOc1nc(C)ccc1C(=O)Nc1ccc(N2CCN(C)CC2)cc1OC(F)F. The molecule has 1 N–H and O–H groups in total. The highest BCUT2D eigenvalue weighted by atomic mass is 19.3. The Bertz CT molecular complexity index is 887. The van der Waals surface area contributed by atoms with Crippen molar-refractivity contribution < 1.29 is 23.0 Å². The van der Waals surface area contributed by atoms with Gasteiger partial charge >= 0.3 is 6.61 Å². The van der Waals surface area contributed by atoms with Gasteiger partial charge in [-0.1, -0.05) is 0 Å². The number of carbonyl (C=O) groups excluding carboxylic acids is 1. The zero-order chi connectivity index (χ0) is 21.7. The number of amides is 1. The Hall–Kier alpha value is -2.94. The van der Waals surface area contributed by atoms with E-state index in [2.05, 4.69) is 20.1 Å². The second-order valence-electron chi connectivity index (χ2n) is 7.04. The van der Waals surface area contributed by atoms with Crippen LogP contribution in [-0.4, -0.2) is 62.2 Å². The minimum atomic E-state index is -3.01. The summed E-state index contributed by atoms with van der Waals surface area (Å²) in [5, 5.41) is 2.64. The van der Waals surface area contributed by atoms with Crippen molar-refractivity contribution in [1.29, 1.82) is 0 Å². The van der Waals surface area contributed by atoms with Gasteiger partial charge < -0.3 is 24.6 Å². The number of hydrogen-bond acceptors (Lipinski definition) is 6. The van der Waals surface area contributed by atoms with E-state index >= 15 is 0 Å². The Morgan fingerprint density at radius 2 is 1.93 bits per heavy atom. The number of aryl methyl sites for hydroxylation is 1. The first-order valence-corrected chi connectivity index (χ1v) is 9.81. The molecular formula is C21H26F2N4O3. The maximum Gasteiger partial charge on any atom is 0.387 e. The zero-order valence-corrected chi connectivity index (χ0v) is 17.3. The summed E-state index contributed by atoms with van der Waals surface area (Å²) in [6.07, 6.45) is 0. The Labute approximate surface area is 174 Å². The fourth-order valence-electron chi connectivity index (χ4n) is 3.21. The number of alkyl halides is 2. The van der Waals surface area contributed by atoms with Crippen LogP contribution in [0.2, 0.25) is 0 Å². The second kappa shape index (κ2) is 9.71. The van der Waals surface area contributed by atoms with Crippen LogP contribution >= 0.6 is 0 Å². The van der Waals surface area contributed by atoms with Crippen LogP contribution in [0.1, 0.15) is 23.0 Å². The predicted molar refractivity (Wildman–Crippen MR) is 111 cm³/mol. The summed E-state index contributed by atoms with van der Waals surface area (Å²) in [6.45, 7) is 4.23. The lowest BCUT2D eigenvalue weighted by Crippen LogP contribution is -2.44. The predicted octanol–water partition coefficient (Wildman–Crippen LogP) is 3.39. The summed E-state index contributed by atoms with van der Waals surface area (Å²) < 4.78 is 36.2. The van der Waals surface area contributed by atoms with Crippen LogP contribution in [0.4, 0.5) is 20.2 Å². The summed E-state index contributed by atoms with van der Waals surface area (Å²) >= 11 is 0. The number of likely N-dealkylation sites (N-methyl/N-ethyl adjacent to an activating group) is 1. The van der Waals surface area contributed by atoms with Gasteiger partial charge in [0.25, 0.3) is 5.91 Å². The molecule has 1 aliphatic heterocycles. The van der Waals surface area contributed by atoms with E-state index in [0.29, 0.717) is 12.3 Å². The van der Waals surface area contributed by atoms with Gasteiger partial charge in [-0.2, -0.15) is 8.78 Å². The molecule has 0 bridgehead atoms. The fraction of sp³-hybridized carbons (Fsp3) is 0.429. The van der Waals surface area contributed by atoms with Gasteiger partial charge in [0.1, 0.15) is 5.56 Å². The van der Waals surface area contributed by atoms with Crippen LogP contribution in [0.25, 0.3) is 0 Å². The highest BCUT2D eigenvalue weighted by molar-refractivity contribution is 6.06. The molecule has 1 aliphatic rings. The third kappa shape index (κ3) is 5.35. The quantitative estimate of drug-likeness (QED) is 0.741. The number of aromatic nitrogens is 1. The average molecular weight is 420 g/mol. The average Bonchev–Trinajstić information content (AvgIpc) is 2.70. The summed E-state index contributed by atoms with van der Waals surface area (Å²) in [7, 11) is 2.04. The van der Waals surface area contributed by atoms with Gasteiger partial charge in [0.05, 0.1) is 12.3 Å². The smallest absolute Gasteiger partial charge is 0.387 e. The molecule has 2 aromatic rings. The van der Waals surface area contributed by atoms with Crippen molar-refractivity contribution >= 4 is 17.3 Å². The van der Waals surface area contributed by atoms with E-state index in [9.17, 15) is 13.6 Å². The number of hydrogen-bond donors (Lipinski definition) is 1. The number of halogens is 2. The van der Waals surface area contributed by atoms with E-state index in [1.165, 1.54) is 6.07 Å². The van der Waals surface area contributed by atoms with Crippen LogP contribution in [0.3, 0.4) is 0 Å². The molecule has 162 valence electrons. The van der Waals surface area contributed by atoms with Crippen molar-refractivity contribution in [2.24, 2.45) is 0 Å². The molecule has 0 aliphatic carbocycles. The molecule has 2 heterocycles. The molecule has 1 aromatic carbocycles. The molecule has 1 amide bonds. The number of nitrogens with zero attached hydrogens (tertiary/aromatic N) is 3. The molecule has 0 saturated carbocycles. The van der Waals surface area contributed by atoms with Gasteiger partial charge in [-0.25, -0.2) is 4.98 Å². The normalized spacial score (nSPS) is 14.7. The topological polar surface area (TPSA) is 66.9 Å². The number of nitrogens with one attached hydrogen (secondary N) is 1. The standard InChI is InChI=1S/C21H26F2N4O3/c1-4-29-20-16(7-5-14(2)24-20)19(28)25-17-8-6-15(13-18(17)30-21(22)23)27-11-9-26(3)10-12-27/h5-8,13,21H,4,9-12H2,1-3H3,(H,25,28). The summed E-state index contributed by atoms with van der Waals surface area (Å²) in [6, 6.07) is 8.17. The molecule has 0 unspecified atom stereocenters. The van der Waals surface area contributed by atoms with Crippen molar-refractivity contribution in [2.45, 2.75) is 20.5 Å². The minimum absolute atomic E-state index is 0.0900. The minimum Gasteiger partial charge on any atom is -0.477 e. The largest absolute Gasteiger partial charge is 0.477 e. The molecule has 30 heavy (non-hydrogen) atoms. The third-order valence-corrected chi connectivity index (χ3v) is 4.82. The van der Waals surface area contributed by atoms with Crippen LogP contribution in [0.15, 0.2) is 30.3 Å². The van der Waals surface area contributed by atoms with Crippen molar-refractivity contribution in [2.75, 3.05) is 50.1 Å². The monoisotopic (exact) mass is 420 g/mol. The van der Waals surface area contributed by atoms with Crippen LogP contribution in [0.5, 0.6) is 11.6 Å². The van der Waals surface area contributed by atoms with Crippen LogP contribution in [-0.2, 0) is 0 Å². The highest BCUT2D eigenvalue weighted by Gasteiger charge is 2.20. The lowest BCUT2D eigenvalue weighted by Gasteiger charge is -2.34. The Morgan fingerprint density at radius 1 is 1.20 bits per heavy atom. The van der Waals surface area contributed by atoms with Crippen molar-refractivity contribution in [1.82, 2.24) is 9.88 Å². The van der Waals surface area contributed by atoms with E-state index in [4.69, 9.17) is 9.47 Å². The first-order valence-electron chi connectivity index (χ1n) is 9.81. The molecule has 3 rings (SSSR count). The third-order valence-electron chi connectivity index (χ3n) is 4.82. The van der Waals surface area contributed by atoms with E-state index in [-0.39, 0.29) is 22.9 Å². The van der Waals surface area contributed by atoms with Crippen molar-refractivity contribution in [3.63, 3.8) is 0 Å². The number of anilines is 2. The number of ether oxygens (including phenoxy) is 2. The summed E-state index contributed by atoms with van der Waals surface area (Å²) in [4.78, 5) is 21.3. The van der Waals surface area contributed by atoms with Crippen molar-refractivity contribution in [3.8, 4) is 11.6 Å². The van der Waals surface area contributed by atoms with Gasteiger partial charge in [-0.15, -0.1) is 0 Å². The molecule has 9 heteroatoms. The molecule has 1 saturated heterocycles. The zero-order valence-electron chi connectivity index (χ0n) is 17.3. The fourth-order valence-corrected chi connectivity index (χ4v) is 3.21. The lowest BCUT2D eigenvalue weighted by molar-refractivity contribution is -0.0493. The molecule has 0 radical (unpaired) electrons. The summed E-state index contributed by atoms with van der Waals surface area (Å²) in [5.41, 5.74) is 1.84. The van der Waals surface area contributed by atoms with Crippen molar-refractivity contribution in [3.05, 3.63) is 41.6 Å². The Balaban J connectivity index is 1.85. The summed E-state index contributed by atoms with van der Waals surface area (Å²) in [5.74, 6) is -0.411. The van der Waals surface area contributed by atoms with Crippen LogP contribution < -0.4 is 19.7 Å². The van der Waals surface area contributed by atoms with Gasteiger partial charge in [-0.3, -0.25) is 4.79 Å². The van der Waals surface area contributed by atoms with Gasteiger partial charge in [0.2, 0.25) is 5.88 Å². The maximum absolute atomic E-state index is 13.0. The van der Waals surface area contributed by atoms with E-state index in [1.807, 2.05) is 7.05 Å². The van der Waals surface area contributed by atoms with Crippen LogP contribution in [0, 0.1) is 6.92 Å². The van der Waals surface area contributed by atoms with Gasteiger partial charge in [0, 0.05) is 43.6 Å². The first-order chi connectivity index (χ1) is 14.4. The Morgan fingerprint density at radius 3 is 2.60 bits per heavy atom. The number of carbonyl (C=O) groups is 1.